The van der Waals surface area contributed by atoms with Gasteiger partial charge in [-0.05, 0) is 50.7 Å². The molecule has 1 unspecified atom stereocenters. The fourth-order valence-corrected chi connectivity index (χ4v) is 4.72. The van der Waals surface area contributed by atoms with E-state index in [1.807, 2.05) is 20.9 Å². The van der Waals surface area contributed by atoms with Crippen molar-refractivity contribution in [3.63, 3.8) is 0 Å². The number of nitrogens with zero attached hydrogens (tertiary/aromatic N) is 2. The van der Waals surface area contributed by atoms with E-state index in [0.29, 0.717) is 31.4 Å². The topological polar surface area (TPSA) is 81.8 Å². The molecule has 0 saturated carbocycles. The summed E-state index contributed by atoms with van der Waals surface area (Å²) in [5.41, 5.74) is 0.607. The lowest BCUT2D eigenvalue weighted by Crippen LogP contribution is -2.46. The van der Waals surface area contributed by atoms with Crippen molar-refractivity contribution in [1.29, 1.82) is 0 Å². The Bertz CT molecular complexity index is 693. The van der Waals surface area contributed by atoms with Crippen molar-refractivity contribution >= 4 is 34.0 Å². The van der Waals surface area contributed by atoms with Crippen molar-refractivity contribution in [1.82, 2.24) is 14.5 Å². The summed E-state index contributed by atoms with van der Waals surface area (Å²) in [4.78, 5) is 14.6. The van der Waals surface area contributed by atoms with E-state index in [4.69, 9.17) is 0 Å². The van der Waals surface area contributed by atoms with Gasteiger partial charge >= 0.3 is 0 Å². The minimum absolute atomic E-state index is 0. The molecule has 1 saturated heterocycles. The molecule has 7 nitrogen and oxygen atoms in total. The molecule has 1 aliphatic heterocycles. The van der Waals surface area contributed by atoms with Crippen LogP contribution in [0, 0.1) is 0 Å². The van der Waals surface area contributed by atoms with Crippen molar-refractivity contribution in [2.24, 2.45) is 0 Å². The van der Waals surface area contributed by atoms with E-state index in [1.54, 1.807) is 24.3 Å². The van der Waals surface area contributed by atoms with Gasteiger partial charge < -0.3 is 10.6 Å². The Labute approximate surface area is 168 Å². The molecule has 1 aromatic carbocycles. The fraction of sp³-hybridized carbons (Fsp3) is 0.611. The lowest BCUT2D eigenvalue weighted by Gasteiger charge is -2.31. The van der Waals surface area contributed by atoms with Crippen LogP contribution in [0.5, 0.6) is 0 Å². The summed E-state index contributed by atoms with van der Waals surface area (Å²) in [6, 6.07) is 6.80. The number of hydrogen-bond donors (Lipinski definition) is 2. The number of carbonyl (C=O) groups excluding carboxylic acids is 1. The number of sulfonamides is 1. The van der Waals surface area contributed by atoms with Gasteiger partial charge in [-0.3, -0.25) is 9.69 Å². The van der Waals surface area contributed by atoms with Crippen LogP contribution in [0.4, 0.5) is 5.69 Å². The molecule has 2 N–H and O–H groups in total. The van der Waals surface area contributed by atoms with Gasteiger partial charge in [0.2, 0.25) is 15.9 Å². The number of benzene rings is 1. The fourth-order valence-electron chi connectivity index (χ4n) is 3.26. The lowest BCUT2D eigenvalue weighted by atomic mass is 10.1. The van der Waals surface area contributed by atoms with Crippen LogP contribution < -0.4 is 10.6 Å². The number of amides is 1. The molecule has 1 fully saturated rings. The Kier molecular flexibility index (Phi) is 9.69. The molecular weight excluding hydrogens is 388 g/mol. The highest BCUT2D eigenvalue weighted by Gasteiger charge is 2.22. The van der Waals surface area contributed by atoms with Crippen molar-refractivity contribution in [2.45, 2.75) is 37.6 Å². The number of rotatable bonds is 8. The molecule has 9 heteroatoms. The molecule has 154 valence electrons. The second-order valence-electron chi connectivity index (χ2n) is 6.52. The van der Waals surface area contributed by atoms with Crippen molar-refractivity contribution < 1.29 is 13.2 Å². The van der Waals surface area contributed by atoms with E-state index >= 15 is 0 Å². The zero-order valence-electron chi connectivity index (χ0n) is 16.3. The molecule has 0 aromatic heterocycles. The maximum absolute atomic E-state index is 12.5. The molecule has 1 heterocycles. The first-order chi connectivity index (χ1) is 12.4. The van der Waals surface area contributed by atoms with E-state index < -0.39 is 10.0 Å². The number of likely N-dealkylation sites (N-methyl/N-ethyl adjacent to an activating group) is 1. The van der Waals surface area contributed by atoms with E-state index in [1.165, 1.54) is 4.31 Å². The highest BCUT2D eigenvalue weighted by Crippen LogP contribution is 2.18. The third kappa shape index (κ3) is 6.43. The Morgan fingerprint density at radius 1 is 1.22 bits per heavy atom. The van der Waals surface area contributed by atoms with Crippen LogP contribution in [0.1, 0.15) is 26.7 Å². The van der Waals surface area contributed by atoms with E-state index in [0.717, 1.165) is 25.9 Å². The van der Waals surface area contributed by atoms with Gasteiger partial charge in [-0.15, -0.1) is 12.4 Å². The molecule has 0 aliphatic carbocycles. The van der Waals surface area contributed by atoms with Crippen LogP contribution in [0.25, 0.3) is 0 Å². The molecule has 27 heavy (non-hydrogen) atoms. The third-order valence-electron chi connectivity index (χ3n) is 4.76. The molecule has 1 aliphatic rings. The number of carbonyl (C=O) groups is 1. The first kappa shape index (κ1) is 23.8. The minimum Gasteiger partial charge on any atom is -0.325 e. The molecule has 2 rings (SSSR count). The van der Waals surface area contributed by atoms with Crippen LogP contribution >= 0.6 is 12.4 Å². The Morgan fingerprint density at radius 2 is 1.85 bits per heavy atom. The third-order valence-corrected chi connectivity index (χ3v) is 6.83. The molecule has 0 radical (unpaired) electrons. The van der Waals surface area contributed by atoms with Crippen molar-refractivity contribution in [3.05, 3.63) is 24.3 Å². The van der Waals surface area contributed by atoms with Gasteiger partial charge in [-0.2, -0.15) is 4.31 Å². The van der Waals surface area contributed by atoms with Crippen LogP contribution in [-0.4, -0.2) is 69.3 Å². The number of halogens is 1. The van der Waals surface area contributed by atoms with Gasteiger partial charge in [0, 0.05) is 31.4 Å². The van der Waals surface area contributed by atoms with Crippen LogP contribution in [0.3, 0.4) is 0 Å². The molecule has 0 spiro atoms. The second kappa shape index (κ2) is 11.0. The smallest absolute Gasteiger partial charge is 0.243 e. The average Bonchev–Trinajstić information content (AvgIpc) is 2.63. The van der Waals surface area contributed by atoms with Gasteiger partial charge in [-0.1, -0.05) is 13.8 Å². The second-order valence-corrected chi connectivity index (χ2v) is 8.46. The predicted molar refractivity (Wildman–Crippen MR) is 111 cm³/mol. The zero-order valence-corrected chi connectivity index (χ0v) is 17.9. The van der Waals surface area contributed by atoms with Crippen molar-refractivity contribution in [2.75, 3.05) is 45.1 Å². The molecule has 0 bridgehead atoms. The standard InChI is InChI=1S/C18H30N4O3S.ClH/c1-4-22(5-2)26(24,25)17-10-8-15(9-11-17)20-18(23)14-21-12-6-7-16(13-21)19-3;/h8-11,16,19H,4-7,12-14H2,1-3H3,(H,20,23);1H. The van der Waals surface area contributed by atoms with Gasteiger partial charge in [0.15, 0.2) is 0 Å². The Balaban J connectivity index is 0.00000364. The predicted octanol–water partition coefficient (Wildman–Crippen LogP) is 1.76. The maximum Gasteiger partial charge on any atom is 0.243 e. The maximum atomic E-state index is 12.5. The van der Waals surface area contributed by atoms with Crippen LogP contribution in [0.15, 0.2) is 29.2 Å². The zero-order chi connectivity index (χ0) is 19.2. The van der Waals surface area contributed by atoms with Crippen LogP contribution in [-0.2, 0) is 14.8 Å². The summed E-state index contributed by atoms with van der Waals surface area (Å²) in [5.74, 6) is -0.0823. The average molecular weight is 419 g/mol. The highest BCUT2D eigenvalue weighted by molar-refractivity contribution is 7.89. The van der Waals surface area contributed by atoms with Gasteiger partial charge in [-0.25, -0.2) is 8.42 Å². The number of piperidine rings is 1. The first-order valence-electron chi connectivity index (χ1n) is 9.20. The van der Waals surface area contributed by atoms with E-state index in [-0.39, 0.29) is 23.2 Å². The summed E-state index contributed by atoms with van der Waals surface area (Å²) in [6.07, 6.45) is 2.22. The summed E-state index contributed by atoms with van der Waals surface area (Å²) in [7, 11) is -1.53. The van der Waals surface area contributed by atoms with Gasteiger partial charge in [0.1, 0.15) is 0 Å². The van der Waals surface area contributed by atoms with Gasteiger partial charge in [0.25, 0.3) is 0 Å². The molecule has 1 amide bonds. The quantitative estimate of drug-likeness (QED) is 0.672. The van der Waals surface area contributed by atoms with Crippen LogP contribution in [0.2, 0.25) is 0 Å². The normalized spacial score (nSPS) is 18.1. The molecule has 1 aromatic rings. The molecule has 1 atom stereocenters. The Hall–Kier alpha value is -1.19. The van der Waals surface area contributed by atoms with E-state index in [9.17, 15) is 13.2 Å². The first-order valence-corrected chi connectivity index (χ1v) is 10.6. The number of anilines is 1. The van der Waals surface area contributed by atoms with Gasteiger partial charge in [0.05, 0.1) is 11.4 Å². The monoisotopic (exact) mass is 418 g/mol. The van der Waals surface area contributed by atoms with E-state index in [2.05, 4.69) is 15.5 Å². The Morgan fingerprint density at radius 3 is 2.41 bits per heavy atom. The summed E-state index contributed by atoms with van der Waals surface area (Å²) in [6.45, 7) is 6.63. The summed E-state index contributed by atoms with van der Waals surface area (Å²) < 4.78 is 26.4. The number of likely N-dealkylation sites (tertiary alicyclic amines) is 1. The number of hydrogen-bond acceptors (Lipinski definition) is 5. The number of nitrogens with one attached hydrogen (secondary N) is 2. The lowest BCUT2D eigenvalue weighted by molar-refractivity contribution is -0.117. The summed E-state index contributed by atoms with van der Waals surface area (Å²) >= 11 is 0. The molecular formula is C18H31ClN4O3S. The summed E-state index contributed by atoms with van der Waals surface area (Å²) in [5, 5.41) is 6.11. The van der Waals surface area contributed by atoms with Crippen molar-refractivity contribution in [3.8, 4) is 0 Å². The highest BCUT2D eigenvalue weighted by atomic mass is 35.5. The minimum atomic E-state index is -3.47. The SMILES string of the molecule is CCN(CC)S(=O)(=O)c1ccc(NC(=O)CN2CCCC(NC)C2)cc1.Cl. The largest absolute Gasteiger partial charge is 0.325 e.